The molecule has 0 aromatic carbocycles. The largest absolute Gasteiger partial charge is 0.466 e. The molecule has 104 valence electrons. The monoisotopic (exact) mass is 346 g/mol. The summed E-state index contributed by atoms with van der Waals surface area (Å²) in [6, 6.07) is 1.80. The van der Waals surface area contributed by atoms with Gasteiger partial charge in [-0.3, -0.25) is 4.79 Å². The summed E-state index contributed by atoms with van der Waals surface area (Å²) in [5.74, 6) is -0.382. The van der Waals surface area contributed by atoms with Crippen LogP contribution in [0.3, 0.4) is 0 Å². The maximum absolute atomic E-state index is 12.0. The van der Waals surface area contributed by atoms with E-state index in [0.29, 0.717) is 17.4 Å². The molecule has 0 N–H and O–H groups in total. The first kappa shape index (κ1) is 14.5. The molecule has 0 unspecified atom stereocenters. The van der Waals surface area contributed by atoms with Gasteiger partial charge in [-0.25, -0.2) is 4.79 Å². The highest BCUT2D eigenvalue weighted by molar-refractivity contribution is 9.10. The topological polar surface area (TPSA) is 52.6 Å². The Morgan fingerprint density at radius 1 is 1.53 bits per heavy atom. The van der Waals surface area contributed by atoms with Gasteiger partial charge in [0.15, 0.2) is 0 Å². The van der Waals surface area contributed by atoms with Crippen molar-refractivity contribution >= 4 is 39.2 Å². The van der Waals surface area contributed by atoms with Gasteiger partial charge < -0.3 is 9.47 Å². The van der Waals surface area contributed by atoms with Crippen molar-refractivity contribution in [1.29, 1.82) is 0 Å². The number of esters is 2. The minimum Gasteiger partial charge on any atom is -0.466 e. The Hall–Kier alpha value is -0.880. The standard InChI is InChI=1S/C13H15BrO4S/c1-2-17-11(15)7-10(8-3-4-8)18-13(16)12-9(14)5-6-19-12/h5-6,8,10H,2-4,7H2,1H3/t10-/m0/s1. The molecule has 2 rings (SSSR count). The molecule has 4 nitrogen and oxygen atoms in total. The van der Waals surface area contributed by atoms with Gasteiger partial charge in [-0.1, -0.05) is 0 Å². The van der Waals surface area contributed by atoms with Crippen molar-refractivity contribution in [3.05, 3.63) is 20.8 Å². The second-order valence-corrected chi connectivity index (χ2v) is 6.16. The molecule has 0 bridgehead atoms. The first-order valence-corrected chi connectivity index (χ1v) is 7.88. The molecule has 0 aliphatic heterocycles. The highest BCUT2D eigenvalue weighted by Crippen LogP contribution is 2.37. The molecule has 1 aliphatic carbocycles. The van der Waals surface area contributed by atoms with E-state index in [1.54, 1.807) is 13.0 Å². The van der Waals surface area contributed by atoms with Crippen LogP contribution in [0.2, 0.25) is 0 Å². The van der Waals surface area contributed by atoms with Crippen molar-refractivity contribution < 1.29 is 19.1 Å². The van der Waals surface area contributed by atoms with Crippen molar-refractivity contribution in [3.63, 3.8) is 0 Å². The van der Waals surface area contributed by atoms with Gasteiger partial charge in [0.2, 0.25) is 0 Å². The van der Waals surface area contributed by atoms with Crippen molar-refractivity contribution in [2.45, 2.75) is 32.3 Å². The minimum absolute atomic E-state index is 0.146. The number of thiophene rings is 1. The second kappa shape index (κ2) is 6.52. The summed E-state index contributed by atoms with van der Waals surface area (Å²) in [4.78, 5) is 24.1. The highest BCUT2D eigenvalue weighted by Gasteiger charge is 2.36. The van der Waals surface area contributed by atoms with Crippen molar-refractivity contribution in [3.8, 4) is 0 Å². The zero-order valence-corrected chi connectivity index (χ0v) is 13.0. The Morgan fingerprint density at radius 2 is 2.26 bits per heavy atom. The normalized spacial score (nSPS) is 15.9. The third kappa shape index (κ3) is 4.04. The predicted molar refractivity (Wildman–Crippen MR) is 75.2 cm³/mol. The first-order chi connectivity index (χ1) is 9.11. The van der Waals surface area contributed by atoms with Crippen LogP contribution in [0.4, 0.5) is 0 Å². The van der Waals surface area contributed by atoms with Gasteiger partial charge in [0.25, 0.3) is 0 Å². The molecule has 0 radical (unpaired) electrons. The molecule has 1 fully saturated rings. The van der Waals surface area contributed by atoms with Crippen molar-refractivity contribution in [2.24, 2.45) is 5.92 Å². The Kier molecular flexibility index (Phi) is 4.99. The van der Waals surface area contributed by atoms with Gasteiger partial charge >= 0.3 is 11.9 Å². The number of carbonyl (C=O) groups is 2. The molecule has 0 amide bonds. The van der Waals surface area contributed by atoms with E-state index in [2.05, 4.69) is 15.9 Å². The number of hydrogen-bond donors (Lipinski definition) is 0. The van der Waals surface area contributed by atoms with Crippen LogP contribution in [0, 0.1) is 5.92 Å². The average molecular weight is 347 g/mol. The molecule has 1 atom stereocenters. The molecular formula is C13H15BrO4S. The number of halogens is 1. The smallest absolute Gasteiger partial charge is 0.349 e. The quantitative estimate of drug-likeness (QED) is 0.740. The number of ether oxygens (including phenoxy) is 2. The van der Waals surface area contributed by atoms with Gasteiger partial charge in [-0.05, 0) is 53.1 Å². The van der Waals surface area contributed by atoms with E-state index >= 15 is 0 Å². The molecule has 1 aliphatic rings. The molecule has 1 aromatic rings. The van der Waals surface area contributed by atoms with Crippen LogP contribution in [-0.2, 0) is 14.3 Å². The lowest BCUT2D eigenvalue weighted by Gasteiger charge is -2.16. The van der Waals surface area contributed by atoms with Crippen LogP contribution >= 0.6 is 27.3 Å². The van der Waals surface area contributed by atoms with E-state index in [0.717, 1.165) is 17.3 Å². The van der Waals surface area contributed by atoms with Crippen LogP contribution in [-0.4, -0.2) is 24.6 Å². The third-order valence-corrected chi connectivity index (χ3v) is 4.70. The van der Waals surface area contributed by atoms with Gasteiger partial charge in [0.1, 0.15) is 11.0 Å². The summed E-state index contributed by atoms with van der Waals surface area (Å²) in [5.41, 5.74) is 0. The Balaban J connectivity index is 1.95. The summed E-state index contributed by atoms with van der Waals surface area (Å²) in [6.07, 6.45) is 1.79. The summed E-state index contributed by atoms with van der Waals surface area (Å²) in [7, 11) is 0. The minimum atomic E-state index is -0.372. The summed E-state index contributed by atoms with van der Waals surface area (Å²) in [5, 5.41) is 1.82. The van der Waals surface area contributed by atoms with E-state index in [1.807, 2.05) is 5.38 Å². The van der Waals surface area contributed by atoms with E-state index in [1.165, 1.54) is 11.3 Å². The molecule has 0 saturated heterocycles. The van der Waals surface area contributed by atoms with Crippen LogP contribution in [0.15, 0.2) is 15.9 Å². The molecule has 19 heavy (non-hydrogen) atoms. The second-order valence-electron chi connectivity index (χ2n) is 4.39. The Morgan fingerprint density at radius 3 is 2.79 bits per heavy atom. The maximum Gasteiger partial charge on any atom is 0.349 e. The zero-order valence-electron chi connectivity index (χ0n) is 10.6. The Bertz CT molecular complexity index is 467. The molecule has 1 aromatic heterocycles. The Labute approximate surface area is 124 Å². The van der Waals surface area contributed by atoms with Crippen LogP contribution in [0.5, 0.6) is 0 Å². The summed E-state index contributed by atoms with van der Waals surface area (Å²) in [6.45, 7) is 2.11. The van der Waals surface area contributed by atoms with Gasteiger partial charge in [0, 0.05) is 4.47 Å². The average Bonchev–Trinajstić information content (AvgIpc) is 3.11. The SMILES string of the molecule is CCOC(=O)C[C@H](OC(=O)c1sccc1Br)C1CC1. The fourth-order valence-electron chi connectivity index (χ4n) is 1.79. The third-order valence-electron chi connectivity index (χ3n) is 2.88. The van der Waals surface area contributed by atoms with E-state index < -0.39 is 0 Å². The van der Waals surface area contributed by atoms with Crippen LogP contribution < -0.4 is 0 Å². The number of carbonyl (C=O) groups excluding carboxylic acids is 2. The lowest BCUT2D eigenvalue weighted by molar-refractivity contribution is -0.145. The molecule has 0 spiro atoms. The maximum atomic E-state index is 12.0. The summed E-state index contributed by atoms with van der Waals surface area (Å²) < 4.78 is 11.1. The summed E-state index contributed by atoms with van der Waals surface area (Å²) >= 11 is 4.63. The van der Waals surface area contributed by atoms with E-state index in [4.69, 9.17) is 9.47 Å². The van der Waals surface area contributed by atoms with Gasteiger partial charge in [0.05, 0.1) is 13.0 Å². The van der Waals surface area contributed by atoms with E-state index in [-0.39, 0.29) is 24.5 Å². The van der Waals surface area contributed by atoms with Crippen molar-refractivity contribution in [2.75, 3.05) is 6.61 Å². The molecular weight excluding hydrogens is 332 g/mol. The lowest BCUT2D eigenvalue weighted by atomic mass is 10.1. The van der Waals surface area contributed by atoms with E-state index in [9.17, 15) is 9.59 Å². The van der Waals surface area contributed by atoms with Crippen LogP contribution in [0.25, 0.3) is 0 Å². The van der Waals surface area contributed by atoms with Crippen molar-refractivity contribution in [1.82, 2.24) is 0 Å². The zero-order chi connectivity index (χ0) is 13.8. The lowest BCUT2D eigenvalue weighted by Crippen LogP contribution is -2.24. The van der Waals surface area contributed by atoms with Gasteiger partial charge in [-0.2, -0.15) is 0 Å². The number of hydrogen-bond acceptors (Lipinski definition) is 5. The molecule has 6 heteroatoms. The van der Waals surface area contributed by atoms with Gasteiger partial charge in [-0.15, -0.1) is 11.3 Å². The fraction of sp³-hybridized carbons (Fsp3) is 0.538. The molecule has 1 saturated carbocycles. The molecule has 1 heterocycles. The first-order valence-electron chi connectivity index (χ1n) is 6.21. The van der Waals surface area contributed by atoms with Crippen LogP contribution in [0.1, 0.15) is 35.9 Å². The fourth-order valence-corrected chi connectivity index (χ4v) is 3.20. The number of rotatable bonds is 6. The predicted octanol–water partition coefficient (Wildman–Crippen LogP) is 3.40. The highest BCUT2D eigenvalue weighted by atomic mass is 79.9.